The van der Waals surface area contributed by atoms with Crippen molar-refractivity contribution in [1.29, 1.82) is 0 Å². The molecular weight excluding hydrogens is 234 g/mol. The molecule has 0 aromatic carbocycles. The molecule has 3 fully saturated rings. The highest BCUT2D eigenvalue weighted by atomic mass is 16.5. The van der Waals surface area contributed by atoms with Gasteiger partial charge in [-0.2, -0.15) is 0 Å². The largest absolute Gasteiger partial charge is 0.438 e. The number of amides is 1. The molecule has 6 nitrogen and oxygen atoms in total. The van der Waals surface area contributed by atoms with Gasteiger partial charge >= 0.3 is 5.76 Å². The van der Waals surface area contributed by atoms with Crippen molar-refractivity contribution in [2.75, 3.05) is 0 Å². The zero-order chi connectivity index (χ0) is 12.3. The fourth-order valence-electron chi connectivity index (χ4n) is 4.30. The Morgan fingerprint density at radius 2 is 2.11 bits per heavy atom. The van der Waals surface area contributed by atoms with E-state index in [4.69, 9.17) is 0 Å². The molecule has 3 saturated carbocycles. The molecule has 1 aromatic heterocycles. The fraction of sp³-hybridized carbons (Fsp3) is 0.750. The Balaban J connectivity index is 1.37. The summed E-state index contributed by atoms with van der Waals surface area (Å²) in [6.07, 6.45) is 3.97. The van der Waals surface area contributed by atoms with Crippen LogP contribution in [0.25, 0.3) is 0 Å². The summed E-state index contributed by atoms with van der Waals surface area (Å²) < 4.78 is 4.38. The second-order valence-electron chi connectivity index (χ2n) is 5.77. The second kappa shape index (κ2) is 3.46. The van der Waals surface area contributed by atoms with Gasteiger partial charge in [-0.25, -0.2) is 4.79 Å². The van der Waals surface area contributed by atoms with Crippen LogP contribution >= 0.6 is 0 Å². The molecule has 3 aliphatic rings. The van der Waals surface area contributed by atoms with Crippen molar-refractivity contribution < 1.29 is 9.32 Å². The number of nitrogens with one attached hydrogen (secondary N) is 2. The average Bonchev–Trinajstić information content (AvgIpc) is 2.69. The van der Waals surface area contributed by atoms with Gasteiger partial charge in [0.15, 0.2) is 5.82 Å². The highest BCUT2D eigenvalue weighted by Crippen LogP contribution is 2.69. The van der Waals surface area contributed by atoms with Gasteiger partial charge in [0.2, 0.25) is 5.91 Å². The average molecular weight is 249 g/mol. The molecule has 0 saturated heterocycles. The van der Waals surface area contributed by atoms with Crippen molar-refractivity contribution >= 4 is 5.91 Å². The maximum atomic E-state index is 12.1. The van der Waals surface area contributed by atoms with Crippen LogP contribution in [0.5, 0.6) is 0 Å². The van der Waals surface area contributed by atoms with Crippen LogP contribution in [0.15, 0.2) is 9.32 Å². The lowest BCUT2D eigenvalue weighted by Crippen LogP contribution is -2.27. The Morgan fingerprint density at radius 3 is 2.72 bits per heavy atom. The lowest BCUT2D eigenvalue weighted by Gasteiger charge is -2.08. The van der Waals surface area contributed by atoms with Crippen molar-refractivity contribution in [3.05, 3.63) is 16.4 Å². The van der Waals surface area contributed by atoms with Crippen molar-refractivity contribution in [2.45, 2.75) is 25.8 Å². The molecule has 0 aliphatic heterocycles. The number of carbonyl (C=O) groups is 1. The molecule has 0 radical (unpaired) electrons. The highest BCUT2D eigenvalue weighted by molar-refractivity contribution is 5.82. The van der Waals surface area contributed by atoms with Gasteiger partial charge in [-0.15, -0.1) is 0 Å². The van der Waals surface area contributed by atoms with E-state index in [2.05, 4.69) is 20.0 Å². The molecule has 96 valence electrons. The molecule has 6 heteroatoms. The van der Waals surface area contributed by atoms with Crippen LogP contribution in [0.4, 0.5) is 0 Å². The van der Waals surface area contributed by atoms with Gasteiger partial charge in [0.25, 0.3) is 0 Å². The molecule has 2 bridgehead atoms. The van der Waals surface area contributed by atoms with E-state index < -0.39 is 5.76 Å². The van der Waals surface area contributed by atoms with Gasteiger partial charge in [0.1, 0.15) is 0 Å². The third kappa shape index (κ3) is 1.38. The quantitative estimate of drug-likeness (QED) is 0.805. The van der Waals surface area contributed by atoms with Crippen molar-refractivity contribution in [1.82, 2.24) is 15.5 Å². The number of hydrogen-bond acceptors (Lipinski definition) is 4. The Labute approximate surface area is 103 Å². The predicted molar refractivity (Wildman–Crippen MR) is 60.3 cm³/mol. The molecule has 0 spiro atoms. The molecule has 1 amide bonds. The van der Waals surface area contributed by atoms with Crippen LogP contribution < -0.4 is 11.1 Å². The van der Waals surface area contributed by atoms with E-state index in [9.17, 15) is 9.59 Å². The lowest BCUT2D eigenvalue weighted by molar-refractivity contribution is -0.123. The van der Waals surface area contributed by atoms with E-state index >= 15 is 0 Å². The van der Waals surface area contributed by atoms with Gasteiger partial charge in [0, 0.05) is 5.92 Å². The van der Waals surface area contributed by atoms with Crippen molar-refractivity contribution in [2.24, 2.45) is 29.6 Å². The van der Waals surface area contributed by atoms with E-state index in [-0.39, 0.29) is 18.4 Å². The normalized spacial score (nSPS) is 39.7. The molecule has 1 heterocycles. The van der Waals surface area contributed by atoms with Gasteiger partial charge in [-0.1, -0.05) is 5.16 Å². The number of fused-ring (bicyclic) bond motifs is 5. The molecular formula is C12H15N3O3. The maximum absolute atomic E-state index is 12.1. The van der Waals surface area contributed by atoms with E-state index in [1.165, 1.54) is 19.3 Å². The van der Waals surface area contributed by atoms with E-state index in [1.54, 1.807) is 0 Å². The highest BCUT2D eigenvalue weighted by Gasteiger charge is 2.67. The minimum absolute atomic E-state index is 0.116. The molecule has 1 aromatic rings. The summed E-state index contributed by atoms with van der Waals surface area (Å²) >= 11 is 0. The van der Waals surface area contributed by atoms with Gasteiger partial charge in [-0.3, -0.25) is 14.3 Å². The summed E-state index contributed by atoms with van der Waals surface area (Å²) in [7, 11) is 0. The SMILES string of the molecule is O=C(NCc1noc(=O)[nH]1)C1[C@@H]2[C@H]3CC[C@H](C3)[C@H]12. The Hall–Kier alpha value is -1.59. The molecule has 2 N–H and O–H groups in total. The van der Waals surface area contributed by atoms with Gasteiger partial charge in [0.05, 0.1) is 6.54 Å². The number of rotatable bonds is 3. The van der Waals surface area contributed by atoms with Crippen LogP contribution in [0.2, 0.25) is 0 Å². The molecule has 5 atom stereocenters. The van der Waals surface area contributed by atoms with Gasteiger partial charge in [-0.05, 0) is 42.9 Å². The number of aromatic amines is 1. The summed E-state index contributed by atoms with van der Waals surface area (Å²) in [5, 5.41) is 6.36. The zero-order valence-corrected chi connectivity index (χ0v) is 9.89. The number of aromatic nitrogens is 2. The number of H-pyrrole nitrogens is 1. The Morgan fingerprint density at radius 1 is 1.39 bits per heavy atom. The van der Waals surface area contributed by atoms with E-state index in [1.807, 2.05) is 0 Å². The Kier molecular flexibility index (Phi) is 1.99. The zero-order valence-electron chi connectivity index (χ0n) is 9.89. The molecule has 3 aliphatic carbocycles. The van der Waals surface area contributed by atoms with Crippen LogP contribution in [-0.2, 0) is 11.3 Å². The first-order valence-corrected chi connectivity index (χ1v) is 6.56. The second-order valence-corrected chi connectivity index (χ2v) is 5.77. The van der Waals surface area contributed by atoms with Gasteiger partial charge < -0.3 is 5.32 Å². The summed E-state index contributed by atoms with van der Waals surface area (Å²) in [6, 6.07) is 0. The van der Waals surface area contributed by atoms with E-state index in [0.29, 0.717) is 17.7 Å². The number of hydrogen-bond donors (Lipinski definition) is 2. The van der Waals surface area contributed by atoms with E-state index in [0.717, 1.165) is 11.8 Å². The first-order valence-electron chi connectivity index (χ1n) is 6.56. The van der Waals surface area contributed by atoms with Crippen LogP contribution in [0.1, 0.15) is 25.1 Å². The molecule has 4 rings (SSSR count). The summed E-state index contributed by atoms with van der Waals surface area (Å²) in [5.74, 6) is 2.99. The minimum Gasteiger partial charge on any atom is -0.348 e. The van der Waals surface area contributed by atoms with Crippen molar-refractivity contribution in [3.8, 4) is 0 Å². The summed E-state index contributed by atoms with van der Waals surface area (Å²) in [4.78, 5) is 25.2. The first-order chi connectivity index (χ1) is 8.74. The monoisotopic (exact) mass is 249 g/mol. The summed E-state index contributed by atoms with van der Waals surface area (Å²) in [5.41, 5.74) is 0. The number of carbonyl (C=O) groups excluding carboxylic acids is 1. The fourth-order valence-corrected chi connectivity index (χ4v) is 4.30. The minimum atomic E-state index is -0.583. The number of nitrogens with zero attached hydrogens (tertiary/aromatic N) is 1. The van der Waals surface area contributed by atoms with Crippen LogP contribution in [0.3, 0.4) is 0 Å². The standard InChI is InChI=1S/C12H15N3O3/c16-11(13-4-7-14-12(17)18-15-7)10-8-5-1-2-6(3-5)9(8)10/h5-6,8-10H,1-4H2,(H,13,16)(H,14,15,17)/t5-,6+,8+,9-,10?. The third-order valence-corrected chi connectivity index (χ3v) is 4.95. The maximum Gasteiger partial charge on any atom is 0.438 e. The smallest absolute Gasteiger partial charge is 0.348 e. The summed E-state index contributed by atoms with van der Waals surface area (Å²) in [6.45, 7) is 0.246. The first kappa shape index (κ1) is 10.3. The third-order valence-electron chi connectivity index (χ3n) is 4.95. The molecule has 18 heavy (non-hydrogen) atoms. The predicted octanol–water partition coefficient (Wildman–Crippen LogP) is 0.271. The topological polar surface area (TPSA) is 88.0 Å². The van der Waals surface area contributed by atoms with Crippen LogP contribution in [-0.4, -0.2) is 16.0 Å². The Bertz CT molecular complexity index is 533. The van der Waals surface area contributed by atoms with Crippen molar-refractivity contribution in [3.63, 3.8) is 0 Å². The lowest BCUT2D eigenvalue weighted by atomic mass is 10.0. The molecule has 1 unspecified atom stereocenters. The van der Waals surface area contributed by atoms with Crippen LogP contribution in [0, 0.1) is 29.6 Å².